The summed E-state index contributed by atoms with van der Waals surface area (Å²) in [4.78, 5) is 1.39. The van der Waals surface area contributed by atoms with E-state index in [1.54, 1.807) is 7.05 Å². The number of aryl methyl sites for hydroxylation is 1. The van der Waals surface area contributed by atoms with Crippen molar-refractivity contribution in [3.8, 4) is 11.4 Å². The summed E-state index contributed by atoms with van der Waals surface area (Å²) in [5.74, 6) is 0.545. The molecule has 1 aromatic carbocycles. The first-order valence-corrected chi connectivity index (χ1v) is 5.56. The first-order chi connectivity index (χ1) is 8.69. The zero-order valence-electron chi connectivity index (χ0n) is 9.98. The average Bonchev–Trinajstić information content (AvgIpc) is 2.83. The highest BCUT2D eigenvalue weighted by Gasteiger charge is 2.06. The van der Waals surface area contributed by atoms with Gasteiger partial charge in [-0.3, -0.25) is 0 Å². The van der Waals surface area contributed by atoms with E-state index in [-0.39, 0.29) is 13.2 Å². The molecule has 0 aliphatic rings. The third kappa shape index (κ3) is 3.02. The molecule has 1 atom stereocenters. The maximum absolute atomic E-state index is 9.26. The number of tetrazole rings is 1. The monoisotopic (exact) mass is 249 g/mol. The summed E-state index contributed by atoms with van der Waals surface area (Å²) in [7, 11) is 1.70. The molecule has 2 aromatic rings. The van der Waals surface area contributed by atoms with Gasteiger partial charge in [-0.05, 0) is 17.3 Å². The Morgan fingerprint density at radius 1 is 1.44 bits per heavy atom. The number of benzene rings is 1. The van der Waals surface area contributed by atoms with Crippen LogP contribution in [0, 0.1) is 0 Å². The molecule has 3 N–H and O–H groups in total. The number of aliphatic hydroxyl groups excluding tert-OH is 2. The first kappa shape index (κ1) is 12.5. The molecule has 0 aliphatic heterocycles. The van der Waals surface area contributed by atoms with Crippen LogP contribution in [0.5, 0.6) is 0 Å². The van der Waals surface area contributed by atoms with E-state index >= 15 is 0 Å². The zero-order valence-corrected chi connectivity index (χ0v) is 9.98. The molecule has 0 amide bonds. The highest BCUT2D eigenvalue weighted by Crippen LogP contribution is 2.18. The normalized spacial score (nSPS) is 12.4. The van der Waals surface area contributed by atoms with Gasteiger partial charge in [0.05, 0.1) is 19.8 Å². The van der Waals surface area contributed by atoms with Crippen molar-refractivity contribution >= 4 is 5.69 Å². The van der Waals surface area contributed by atoms with E-state index in [9.17, 15) is 5.11 Å². The van der Waals surface area contributed by atoms with E-state index in [0.29, 0.717) is 5.82 Å². The molecule has 7 heteroatoms. The number of aliphatic hydroxyl groups is 2. The van der Waals surface area contributed by atoms with Gasteiger partial charge in [-0.2, -0.15) is 4.80 Å². The van der Waals surface area contributed by atoms with E-state index in [4.69, 9.17) is 5.11 Å². The van der Waals surface area contributed by atoms with Crippen molar-refractivity contribution in [2.45, 2.75) is 6.10 Å². The lowest BCUT2D eigenvalue weighted by molar-refractivity contribution is 0.105. The maximum Gasteiger partial charge on any atom is 0.204 e. The van der Waals surface area contributed by atoms with Crippen molar-refractivity contribution in [1.29, 1.82) is 0 Å². The largest absolute Gasteiger partial charge is 0.394 e. The lowest BCUT2D eigenvalue weighted by atomic mass is 10.2. The van der Waals surface area contributed by atoms with Crippen LogP contribution in [0.2, 0.25) is 0 Å². The number of hydrogen-bond acceptors (Lipinski definition) is 6. The summed E-state index contributed by atoms with van der Waals surface area (Å²) in [5, 5.41) is 32.8. The third-order valence-corrected chi connectivity index (χ3v) is 2.38. The van der Waals surface area contributed by atoms with Crippen LogP contribution in [0.3, 0.4) is 0 Å². The van der Waals surface area contributed by atoms with Gasteiger partial charge in [0.1, 0.15) is 0 Å². The van der Waals surface area contributed by atoms with E-state index < -0.39 is 6.10 Å². The van der Waals surface area contributed by atoms with Crippen LogP contribution in [0.4, 0.5) is 5.69 Å². The molecule has 1 aromatic heterocycles. The van der Waals surface area contributed by atoms with Gasteiger partial charge >= 0.3 is 0 Å². The summed E-state index contributed by atoms with van der Waals surface area (Å²) in [6, 6.07) is 7.47. The minimum atomic E-state index is -0.775. The molecule has 0 saturated heterocycles. The highest BCUT2D eigenvalue weighted by molar-refractivity contribution is 5.61. The van der Waals surface area contributed by atoms with Crippen molar-refractivity contribution in [2.24, 2.45) is 7.05 Å². The van der Waals surface area contributed by atoms with Gasteiger partial charge in [0.15, 0.2) is 0 Å². The predicted molar refractivity (Wildman–Crippen MR) is 65.8 cm³/mol. The Morgan fingerprint density at radius 3 is 2.94 bits per heavy atom. The molecule has 7 nitrogen and oxygen atoms in total. The Kier molecular flexibility index (Phi) is 3.85. The molecule has 96 valence electrons. The van der Waals surface area contributed by atoms with Crippen LogP contribution in [0.1, 0.15) is 0 Å². The smallest absolute Gasteiger partial charge is 0.204 e. The molecular formula is C11H15N5O2. The molecule has 0 spiro atoms. The Morgan fingerprint density at radius 2 is 2.28 bits per heavy atom. The molecule has 0 saturated carbocycles. The van der Waals surface area contributed by atoms with Crippen LogP contribution in [-0.4, -0.2) is 49.7 Å². The number of nitrogens with one attached hydrogen (secondary N) is 1. The fourth-order valence-electron chi connectivity index (χ4n) is 1.47. The van der Waals surface area contributed by atoms with Crippen molar-refractivity contribution in [3.63, 3.8) is 0 Å². The summed E-state index contributed by atoms with van der Waals surface area (Å²) >= 11 is 0. The molecule has 1 heterocycles. The summed E-state index contributed by atoms with van der Waals surface area (Å²) in [5.41, 5.74) is 1.67. The fraction of sp³-hybridized carbons (Fsp3) is 0.364. The van der Waals surface area contributed by atoms with E-state index in [1.165, 1.54) is 4.80 Å². The Labute approximate surface area is 104 Å². The molecule has 1 unspecified atom stereocenters. The second-order valence-corrected chi connectivity index (χ2v) is 3.90. The average molecular weight is 249 g/mol. The van der Waals surface area contributed by atoms with Crippen LogP contribution in [0.15, 0.2) is 24.3 Å². The molecule has 0 aliphatic carbocycles. The number of anilines is 1. The second-order valence-electron chi connectivity index (χ2n) is 3.90. The lowest BCUT2D eigenvalue weighted by Gasteiger charge is -2.10. The van der Waals surface area contributed by atoms with Crippen LogP contribution in [-0.2, 0) is 7.05 Å². The van der Waals surface area contributed by atoms with E-state index in [2.05, 4.69) is 20.7 Å². The Bertz CT molecular complexity index is 514. The minimum Gasteiger partial charge on any atom is -0.394 e. The molecular weight excluding hydrogens is 234 g/mol. The fourth-order valence-corrected chi connectivity index (χ4v) is 1.47. The number of hydrogen-bond donors (Lipinski definition) is 3. The van der Waals surface area contributed by atoms with Crippen molar-refractivity contribution < 1.29 is 10.2 Å². The van der Waals surface area contributed by atoms with Gasteiger partial charge < -0.3 is 15.5 Å². The number of aromatic nitrogens is 4. The van der Waals surface area contributed by atoms with Gasteiger partial charge in [-0.25, -0.2) is 0 Å². The maximum atomic E-state index is 9.26. The van der Waals surface area contributed by atoms with Crippen molar-refractivity contribution in [2.75, 3.05) is 18.5 Å². The van der Waals surface area contributed by atoms with E-state index in [0.717, 1.165) is 11.3 Å². The van der Waals surface area contributed by atoms with Crippen molar-refractivity contribution in [1.82, 2.24) is 20.2 Å². The van der Waals surface area contributed by atoms with Crippen LogP contribution >= 0.6 is 0 Å². The quantitative estimate of drug-likeness (QED) is 0.670. The summed E-state index contributed by atoms with van der Waals surface area (Å²) in [6.07, 6.45) is -0.775. The second kappa shape index (κ2) is 5.56. The standard InChI is InChI=1S/C11H15N5O2/c1-16-14-11(13-15-16)8-3-2-4-9(5-8)12-6-10(18)7-17/h2-5,10,12,17-18H,6-7H2,1H3. The topological polar surface area (TPSA) is 96.1 Å². The number of nitrogens with zero attached hydrogens (tertiary/aromatic N) is 4. The minimum absolute atomic E-state index is 0.265. The highest BCUT2D eigenvalue weighted by atomic mass is 16.3. The number of rotatable bonds is 5. The molecule has 0 fully saturated rings. The van der Waals surface area contributed by atoms with Gasteiger partial charge in [0.25, 0.3) is 0 Å². The van der Waals surface area contributed by atoms with E-state index in [1.807, 2.05) is 24.3 Å². The van der Waals surface area contributed by atoms with Gasteiger partial charge in [-0.1, -0.05) is 12.1 Å². The first-order valence-electron chi connectivity index (χ1n) is 5.56. The zero-order chi connectivity index (χ0) is 13.0. The lowest BCUT2D eigenvalue weighted by Crippen LogP contribution is -2.22. The Balaban J connectivity index is 2.10. The summed E-state index contributed by atoms with van der Waals surface area (Å²) in [6.45, 7) is 0.0201. The Hall–Kier alpha value is -1.99. The van der Waals surface area contributed by atoms with Gasteiger partial charge in [0, 0.05) is 17.8 Å². The summed E-state index contributed by atoms with van der Waals surface area (Å²) < 4.78 is 0. The predicted octanol–water partition coefficient (Wildman–Crippen LogP) is -0.358. The molecule has 0 bridgehead atoms. The van der Waals surface area contributed by atoms with Crippen LogP contribution in [0.25, 0.3) is 11.4 Å². The SMILES string of the molecule is Cn1nnc(-c2cccc(NCC(O)CO)c2)n1. The molecule has 18 heavy (non-hydrogen) atoms. The van der Waals surface area contributed by atoms with Gasteiger partial charge in [0.2, 0.25) is 5.82 Å². The van der Waals surface area contributed by atoms with Crippen LogP contribution < -0.4 is 5.32 Å². The third-order valence-electron chi connectivity index (χ3n) is 2.38. The molecule has 0 radical (unpaired) electrons. The van der Waals surface area contributed by atoms with Gasteiger partial charge in [-0.15, -0.1) is 10.2 Å². The van der Waals surface area contributed by atoms with Crippen molar-refractivity contribution in [3.05, 3.63) is 24.3 Å². The molecule has 2 rings (SSSR count).